The van der Waals surface area contributed by atoms with E-state index in [2.05, 4.69) is 9.38 Å². The molecule has 0 radical (unpaired) electrons. The van der Waals surface area contributed by atoms with Crippen molar-refractivity contribution in [2.24, 2.45) is 5.73 Å². The molecule has 2 N–H and O–H groups in total. The van der Waals surface area contributed by atoms with E-state index >= 15 is 0 Å². The maximum Gasteiger partial charge on any atom is 0.151 e. The highest BCUT2D eigenvalue weighted by Crippen LogP contribution is 2.23. The first-order valence-corrected chi connectivity index (χ1v) is 5.56. The summed E-state index contributed by atoms with van der Waals surface area (Å²) in [7, 11) is 3.99. The fraction of sp³-hybridized carbons (Fsp3) is 0.364. The molecule has 2 aromatic rings. The van der Waals surface area contributed by atoms with Crippen LogP contribution in [0.1, 0.15) is 5.69 Å². The lowest BCUT2D eigenvalue weighted by atomic mass is 10.3. The van der Waals surface area contributed by atoms with Crippen LogP contribution in [0.5, 0.6) is 0 Å². The summed E-state index contributed by atoms with van der Waals surface area (Å²) >= 11 is 6.12. The minimum Gasteiger partial charge on any atom is -0.364 e. The number of aromatic nitrogens is 2. The monoisotopic (exact) mass is 238 g/mol. The van der Waals surface area contributed by atoms with E-state index in [0.29, 0.717) is 11.7 Å². The summed E-state index contributed by atoms with van der Waals surface area (Å²) in [6.45, 7) is 0.565. The Labute approximate surface area is 99.6 Å². The second kappa shape index (κ2) is 4.31. The van der Waals surface area contributed by atoms with Gasteiger partial charge in [-0.3, -0.25) is 4.40 Å². The van der Waals surface area contributed by atoms with Gasteiger partial charge < -0.3 is 10.6 Å². The lowest BCUT2D eigenvalue weighted by Crippen LogP contribution is -2.15. The van der Waals surface area contributed by atoms with Gasteiger partial charge in [-0.05, 0) is 18.7 Å². The van der Waals surface area contributed by atoms with E-state index in [1.54, 1.807) is 0 Å². The molecule has 0 bridgehead atoms. The molecule has 86 valence electrons. The molecule has 0 amide bonds. The van der Waals surface area contributed by atoms with Crippen LogP contribution in [0, 0.1) is 0 Å². The van der Waals surface area contributed by atoms with Crippen molar-refractivity contribution >= 4 is 23.1 Å². The molecular formula is C11H15ClN4. The van der Waals surface area contributed by atoms with E-state index in [0.717, 1.165) is 23.6 Å². The topological polar surface area (TPSA) is 46.6 Å². The van der Waals surface area contributed by atoms with Gasteiger partial charge in [0.1, 0.15) is 11.5 Å². The van der Waals surface area contributed by atoms with Crippen LogP contribution in [-0.2, 0) is 6.42 Å². The fourth-order valence-corrected chi connectivity index (χ4v) is 2.07. The minimum atomic E-state index is 0.541. The highest BCUT2D eigenvalue weighted by Gasteiger charge is 2.12. The van der Waals surface area contributed by atoms with Crippen LogP contribution in [0.4, 0.5) is 5.82 Å². The van der Waals surface area contributed by atoms with Gasteiger partial charge in [0.25, 0.3) is 0 Å². The summed E-state index contributed by atoms with van der Waals surface area (Å²) in [5.74, 6) is 1.06. The van der Waals surface area contributed by atoms with Crippen LogP contribution in [0.2, 0.25) is 5.15 Å². The number of hydrogen-bond acceptors (Lipinski definition) is 3. The number of rotatable bonds is 3. The lowest BCUT2D eigenvalue weighted by molar-refractivity contribution is 0.891. The molecule has 0 aliphatic heterocycles. The zero-order chi connectivity index (χ0) is 11.7. The van der Waals surface area contributed by atoms with Gasteiger partial charge >= 0.3 is 0 Å². The Morgan fingerprint density at radius 2 is 2.19 bits per heavy atom. The Morgan fingerprint density at radius 3 is 2.81 bits per heavy atom. The van der Waals surface area contributed by atoms with Gasteiger partial charge in [0.05, 0.1) is 5.69 Å². The Kier molecular flexibility index (Phi) is 3.03. The SMILES string of the molecule is CN(C)c1cccc2nc(Cl)c(CCN)n12. The van der Waals surface area contributed by atoms with E-state index in [4.69, 9.17) is 17.3 Å². The van der Waals surface area contributed by atoms with Crippen molar-refractivity contribution in [1.82, 2.24) is 9.38 Å². The standard InChI is InChI=1S/C11H15ClN4/c1-15(2)10-5-3-4-9-14-11(12)8(6-7-13)16(9)10/h3-5H,6-7,13H2,1-2H3. The van der Waals surface area contributed by atoms with Gasteiger partial charge in [-0.2, -0.15) is 0 Å². The molecule has 0 unspecified atom stereocenters. The van der Waals surface area contributed by atoms with Gasteiger partial charge in [-0.1, -0.05) is 17.7 Å². The molecule has 0 atom stereocenters. The van der Waals surface area contributed by atoms with Crippen molar-refractivity contribution in [3.8, 4) is 0 Å². The third kappa shape index (κ3) is 1.74. The Hall–Kier alpha value is -1.26. The van der Waals surface area contributed by atoms with Crippen molar-refractivity contribution in [3.63, 3.8) is 0 Å². The van der Waals surface area contributed by atoms with Crippen LogP contribution in [0.3, 0.4) is 0 Å². The summed E-state index contributed by atoms with van der Waals surface area (Å²) in [6, 6.07) is 5.95. The van der Waals surface area contributed by atoms with Gasteiger partial charge in [0, 0.05) is 20.5 Å². The normalized spacial score (nSPS) is 11.0. The third-order valence-electron chi connectivity index (χ3n) is 2.51. The smallest absolute Gasteiger partial charge is 0.151 e. The molecule has 0 aliphatic rings. The Bertz CT molecular complexity index is 504. The highest BCUT2D eigenvalue weighted by atomic mass is 35.5. The van der Waals surface area contributed by atoms with Crippen LogP contribution in [0.25, 0.3) is 5.65 Å². The number of halogens is 1. The van der Waals surface area contributed by atoms with Gasteiger partial charge in [-0.25, -0.2) is 4.98 Å². The highest BCUT2D eigenvalue weighted by molar-refractivity contribution is 6.30. The maximum absolute atomic E-state index is 6.12. The second-order valence-electron chi connectivity index (χ2n) is 3.86. The average molecular weight is 239 g/mol. The summed E-state index contributed by atoms with van der Waals surface area (Å²) in [6.07, 6.45) is 0.727. The number of imidazole rings is 1. The molecule has 16 heavy (non-hydrogen) atoms. The number of anilines is 1. The van der Waals surface area contributed by atoms with Gasteiger partial charge in [-0.15, -0.1) is 0 Å². The molecule has 0 fully saturated rings. The van der Waals surface area contributed by atoms with Crippen molar-refractivity contribution < 1.29 is 0 Å². The van der Waals surface area contributed by atoms with Crippen LogP contribution in [-0.4, -0.2) is 30.0 Å². The summed E-state index contributed by atoms with van der Waals surface area (Å²) < 4.78 is 2.05. The number of pyridine rings is 1. The van der Waals surface area contributed by atoms with Crippen molar-refractivity contribution in [3.05, 3.63) is 29.0 Å². The molecule has 2 rings (SSSR count). The van der Waals surface area contributed by atoms with Gasteiger partial charge in [0.15, 0.2) is 5.15 Å². The predicted molar refractivity (Wildman–Crippen MR) is 67.3 cm³/mol. The largest absolute Gasteiger partial charge is 0.364 e. The Balaban J connectivity index is 2.72. The molecule has 0 spiro atoms. The third-order valence-corrected chi connectivity index (χ3v) is 2.81. The average Bonchev–Trinajstić information content (AvgIpc) is 2.55. The summed E-state index contributed by atoms with van der Waals surface area (Å²) in [5, 5.41) is 0.541. The molecule has 2 aromatic heterocycles. The number of fused-ring (bicyclic) bond motifs is 1. The van der Waals surface area contributed by atoms with Crippen LogP contribution in [0.15, 0.2) is 18.2 Å². The van der Waals surface area contributed by atoms with E-state index in [1.165, 1.54) is 0 Å². The first kappa shape index (κ1) is 11.2. The van der Waals surface area contributed by atoms with E-state index in [1.807, 2.05) is 37.2 Å². The molecule has 0 aromatic carbocycles. The van der Waals surface area contributed by atoms with E-state index < -0.39 is 0 Å². The van der Waals surface area contributed by atoms with Crippen molar-refractivity contribution in [1.29, 1.82) is 0 Å². The summed E-state index contributed by atoms with van der Waals surface area (Å²) in [4.78, 5) is 6.35. The first-order chi connectivity index (χ1) is 7.65. The molecule has 5 heteroatoms. The molecule has 0 saturated carbocycles. The second-order valence-corrected chi connectivity index (χ2v) is 4.22. The number of nitrogens with zero attached hydrogens (tertiary/aromatic N) is 3. The molecule has 0 saturated heterocycles. The fourth-order valence-electron chi connectivity index (χ4n) is 1.81. The zero-order valence-electron chi connectivity index (χ0n) is 9.44. The minimum absolute atomic E-state index is 0.541. The van der Waals surface area contributed by atoms with Crippen molar-refractivity contribution in [2.75, 3.05) is 25.5 Å². The molecule has 0 aliphatic carbocycles. The van der Waals surface area contributed by atoms with Crippen LogP contribution >= 0.6 is 11.6 Å². The summed E-state index contributed by atoms with van der Waals surface area (Å²) in [5.41, 5.74) is 7.43. The van der Waals surface area contributed by atoms with E-state index in [9.17, 15) is 0 Å². The maximum atomic E-state index is 6.12. The number of hydrogen-bond donors (Lipinski definition) is 1. The number of nitrogens with two attached hydrogens (primary N) is 1. The molecule has 4 nitrogen and oxygen atoms in total. The van der Waals surface area contributed by atoms with Crippen LogP contribution < -0.4 is 10.6 Å². The molecule has 2 heterocycles. The predicted octanol–water partition coefficient (Wildman–Crippen LogP) is 1.55. The zero-order valence-corrected chi connectivity index (χ0v) is 10.2. The van der Waals surface area contributed by atoms with Gasteiger partial charge in [0.2, 0.25) is 0 Å². The lowest BCUT2D eigenvalue weighted by Gasteiger charge is -2.16. The van der Waals surface area contributed by atoms with Crippen molar-refractivity contribution in [2.45, 2.75) is 6.42 Å². The Morgan fingerprint density at radius 1 is 1.44 bits per heavy atom. The van der Waals surface area contributed by atoms with E-state index in [-0.39, 0.29) is 0 Å². The quantitative estimate of drug-likeness (QED) is 0.883. The first-order valence-electron chi connectivity index (χ1n) is 5.18. The molecular weight excluding hydrogens is 224 g/mol.